The van der Waals surface area contributed by atoms with Crippen LogP contribution in [-0.4, -0.2) is 22.4 Å². The Bertz CT molecular complexity index is 1180. The van der Waals surface area contributed by atoms with Gasteiger partial charge in [-0.3, -0.25) is 4.99 Å². The molecule has 0 fully saturated rings. The van der Waals surface area contributed by atoms with E-state index in [9.17, 15) is 5.11 Å². The lowest BCUT2D eigenvalue weighted by atomic mass is 9.80. The van der Waals surface area contributed by atoms with Gasteiger partial charge in [0, 0.05) is 12.1 Å². The summed E-state index contributed by atoms with van der Waals surface area (Å²) < 4.78 is 0. The van der Waals surface area contributed by atoms with E-state index >= 15 is 0 Å². The molecule has 0 aliphatic carbocycles. The van der Waals surface area contributed by atoms with Gasteiger partial charge in [0.1, 0.15) is 11.4 Å². The fourth-order valence-corrected chi connectivity index (χ4v) is 4.71. The summed E-state index contributed by atoms with van der Waals surface area (Å²) in [6.45, 7) is 0.612. The van der Waals surface area contributed by atoms with Gasteiger partial charge in [0.05, 0.1) is 12.6 Å². The summed E-state index contributed by atoms with van der Waals surface area (Å²) in [5, 5.41) is 10.9. The summed E-state index contributed by atoms with van der Waals surface area (Å²) in [4.78, 5) is 7.66. The second kappa shape index (κ2) is 8.81. The van der Waals surface area contributed by atoms with Crippen LogP contribution in [0.4, 0.5) is 0 Å². The molecule has 2 atom stereocenters. The van der Waals surface area contributed by atoms with Crippen molar-refractivity contribution in [1.29, 1.82) is 0 Å². The van der Waals surface area contributed by atoms with Crippen molar-refractivity contribution in [3.05, 3.63) is 144 Å². The minimum absolute atomic E-state index is 0.0851. The fraction of sp³-hybridized carbons (Fsp3) is 0.138. The Labute approximate surface area is 189 Å². The molecule has 0 aromatic heterocycles. The first-order valence-corrected chi connectivity index (χ1v) is 11.0. The number of aliphatic hydroxyl groups is 1. The number of amidine groups is 1. The van der Waals surface area contributed by atoms with Crippen LogP contribution in [0.15, 0.2) is 126 Å². The third kappa shape index (κ3) is 3.61. The molecule has 1 aliphatic heterocycles. The quantitative estimate of drug-likeness (QED) is 0.444. The molecule has 1 heterocycles. The minimum Gasteiger partial charge on any atom is -0.393 e. The average Bonchev–Trinajstić information content (AvgIpc) is 3.21. The zero-order valence-corrected chi connectivity index (χ0v) is 17.9. The molecule has 0 bridgehead atoms. The fourth-order valence-electron chi connectivity index (χ4n) is 4.71. The van der Waals surface area contributed by atoms with E-state index in [2.05, 4.69) is 77.7 Å². The summed E-state index contributed by atoms with van der Waals surface area (Å²) in [5.74, 6) is 0.904. The standard InChI is InChI=1S/C29H26N2O/c32-22-29(26-19-11-4-12-20-26)27(24-15-7-2-8-16-24)31(21-23-13-5-1-6-14-23)28(30-29)25-17-9-3-10-18-25/h1-20,27,32H,21-22H2. The molecule has 0 amide bonds. The van der Waals surface area contributed by atoms with E-state index in [1.54, 1.807) is 0 Å². The lowest BCUT2D eigenvalue weighted by Crippen LogP contribution is -2.40. The molecule has 2 unspecified atom stereocenters. The number of nitrogens with zero attached hydrogens (tertiary/aromatic N) is 2. The van der Waals surface area contributed by atoms with E-state index in [1.807, 2.05) is 48.5 Å². The molecule has 4 aromatic rings. The first-order chi connectivity index (χ1) is 15.8. The number of rotatable bonds is 6. The van der Waals surface area contributed by atoms with Crippen molar-refractivity contribution in [2.24, 2.45) is 4.99 Å². The van der Waals surface area contributed by atoms with Crippen LogP contribution >= 0.6 is 0 Å². The molecule has 5 rings (SSSR count). The number of aliphatic imine (C=N–C) groups is 1. The summed E-state index contributed by atoms with van der Waals surface area (Å²) in [6, 6.07) is 41.2. The molecule has 1 N–H and O–H groups in total. The predicted octanol–water partition coefficient (Wildman–Crippen LogP) is 5.58. The molecule has 0 spiro atoms. The predicted molar refractivity (Wildman–Crippen MR) is 129 cm³/mol. The lowest BCUT2D eigenvalue weighted by molar-refractivity contribution is 0.133. The highest BCUT2D eigenvalue weighted by atomic mass is 16.3. The molecule has 158 valence electrons. The van der Waals surface area contributed by atoms with Gasteiger partial charge in [-0.1, -0.05) is 121 Å². The molecule has 4 aromatic carbocycles. The zero-order valence-electron chi connectivity index (χ0n) is 17.9. The third-order valence-electron chi connectivity index (χ3n) is 6.20. The summed E-state index contributed by atoms with van der Waals surface area (Å²) in [5.41, 5.74) is 3.61. The summed E-state index contributed by atoms with van der Waals surface area (Å²) in [7, 11) is 0. The highest BCUT2D eigenvalue weighted by molar-refractivity contribution is 6.01. The van der Waals surface area contributed by atoms with Gasteiger partial charge in [-0.2, -0.15) is 0 Å². The maximum Gasteiger partial charge on any atom is 0.135 e. The normalized spacial score (nSPS) is 20.2. The molecule has 1 aliphatic rings. The molecule has 3 heteroatoms. The van der Waals surface area contributed by atoms with Crippen molar-refractivity contribution in [2.45, 2.75) is 18.1 Å². The molecule has 0 saturated heterocycles. The molecule has 32 heavy (non-hydrogen) atoms. The van der Waals surface area contributed by atoms with Crippen LogP contribution in [0.3, 0.4) is 0 Å². The van der Waals surface area contributed by atoms with Gasteiger partial charge < -0.3 is 10.0 Å². The van der Waals surface area contributed by atoms with Gasteiger partial charge in [-0.25, -0.2) is 0 Å². The Morgan fingerprint density at radius 2 is 1.22 bits per heavy atom. The van der Waals surface area contributed by atoms with Crippen molar-refractivity contribution >= 4 is 5.84 Å². The highest BCUT2D eigenvalue weighted by Crippen LogP contribution is 2.48. The van der Waals surface area contributed by atoms with Crippen LogP contribution in [0.25, 0.3) is 0 Å². The van der Waals surface area contributed by atoms with Crippen LogP contribution in [-0.2, 0) is 12.1 Å². The maximum atomic E-state index is 10.9. The SMILES string of the molecule is OCC1(c2ccccc2)N=C(c2ccccc2)N(Cc2ccccc2)C1c1ccccc1. The van der Waals surface area contributed by atoms with Crippen molar-refractivity contribution in [3.8, 4) is 0 Å². The van der Waals surface area contributed by atoms with Crippen molar-refractivity contribution in [3.63, 3.8) is 0 Å². The second-order valence-electron chi connectivity index (χ2n) is 8.18. The van der Waals surface area contributed by atoms with E-state index in [0.717, 1.165) is 22.5 Å². The van der Waals surface area contributed by atoms with E-state index in [0.29, 0.717) is 6.54 Å². The second-order valence-corrected chi connectivity index (χ2v) is 8.18. The Hall–Kier alpha value is -3.69. The Morgan fingerprint density at radius 1 is 0.688 bits per heavy atom. The topological polar surface area (TPSA) is 35.8 Å². The van der Waals surface area contributed by atoms with Crippen LogP contribution < -0.4 is 0 Å². The van der Waals surface area contributed by atoms with Crippen LogP contribution in [0.2, 0.25) is 0 Å². The smallest absolute Gasteiger partial charge is 0.135 e. The van der Waals surface area contributed by atoms with Crippen molar-refractivity contribution < 1.29 is 5.11 Å². The lowest BCUT2D eigenvalue weighted by Gasteiger charge is -2.37. The van der Waals surface area contributed by atoms with Crippen molar-refractivity contribution in [1.82, 2.24) is 4.90 Å². The first-order valence-electron chi connectivity index (χ1n) is 11.0. The molecular weight excluding hydrogens is 392 g/mol. The molecule has 3 nitrogen and oxygen atoms in total. The first kappa shape index (κ1) is 20.2. The van der Waals surface area contributed by atoms with Crippen molar-refractivity contribution in [2.75, 3.05) is 6.61 Å². The van der Waals surface area contributed by atoms with Crippen LogP contribution in [0, 0.1) is 0 Å². The van der Waals surface area contributed by atoms with E-state index in [4.69, 9.17) is 4.99 Å². The number of aliphatic hydroxyl groups excluding tert-OH is 1. The average molecular weight is 419 g/mol. The Balaban J connectivity index is 1.73. The Kier molecular flexibility index (Phi) is 5.57. The van der Waals surface area contributed by atoms with Gasteiger partial charge in [0.2, 0.25) is 0 Å². The van der Waals surface area contributed by atoms with Gasteiger partial charge in [0.25, 0.3) is 0 Å². The number of benzene rings is 4. The van der Waals surface area contributed by atoms with Crippen LogP contribution in [0.1, 0.15) is 28.3 Å². The van der Waals surface area contributed by atoms with Crippen LogP contribution in [0.5, 0.6) is 0 Å². The molecular formula is C29H26N2O. The molecule has 0 saturated carbocycles. The largest absolute Gasteiger partial charge is 0.393 e. The third-order valence-corrected chi connectivity index (χ3v) is 6.20. The van der Waals surface area contributed by atoms with Gasteiger partial charge in [0.15, 0.2) is 0 Å². The van der Waals surface area contributed by atoms with Gasteiger partial charge in [-0.15, -0.1) is 0 Å². The van der Waals surface area contributed by atoms with Gasteiger partial charge >= 0.3 is 0 Å². The van der Waals surface area contributed by atoms with Gasteiger partial charge in [-0.05, 0) is 16.7 Å². The summed E-state index contributed by atoms with van der Waals surface area (Å²) in [6.07, 6.45) is 0. The number of hydrogen-bond acceptors (Lipinski definition) is 3. The van der Waals surface area contributed by atoms with E-state index in [-0.39, 0.29) is 12.6 Å². The number of hydrogen-bond donors (Lipinski definition) is 1. The monoisotopic (exact) mass is 418 g/mol. The minimum atomic E-state index is -0.803. The maximum absolute atomic E-state index is 10.9. The Morgan fingerprint density at radius 3 is 1.81 bits per heavy atom. The zero-order chi connectivity index (χ0) is 21.8. The van der Waals surface area contributed by atoms with E-state index in [1.165, 1.54) is 5.56 Å². The summed E-state index contributed by atoms with van der Waals surface area (Å²) >= 11 is 0. The van der Waals surface area contributed by atoms with E-state index < -0.39 is 5.54 Å². The highest BCUT2D eigenvalue weighted by Gasteiger charge is 2.50. The molecule has 0 radical (unpaired) electrons.